The van der Waals surface area contributed by atoms with E-state index in [2.05, 4.69) is 0 Å². The van der Waals surface area contributed by atoms with Crippen LogP contribution in [0, 0.1) is 0 Å². The maximum atomic E-state index is 12.9. The van der Waals surface area contributed by atoms with Crippen molar-refractivity contribution in [3.05, 3.63) is 64.1 Å². The third kappa shape index (κ3) is 3.31. The Morgan fingerprint density at radius 3 is 2.50 bits per heavy atom. The van der Waals surface area contributed by atoms with Crippen LogP contribution in [0.5, 0.6) is 0 Å². The Morgan fingerprint density at radius 2 is 1.92 bits per heavy atom. The Bertz CT molecular complexity index is 772. The first kappa shape index (κ1) is 16.6. The van der Waals surface area contributed by atoms with Gasteiger partial charge in [-0.25, -0.2) is 0 Å². The van der Waals surface area contributed by atoms with E-state index in [1.165, 1.54) is 0 Å². The van der Waals surface area contributed by atoms with Crippen molar-refractivity contribution in [1.29, 1.82) is 0 Å². The topological polar surface area (TPSA) is 57.2 Å². The number of nitrogen functional groups attached to an aromatic ring is 1. The van der Waals surface area contributed by atoms with Gasteiger partial charge < -0.3 is 15.0 Å². The number of aromatic nitrogens is 1. The molecule has 0 aliphatic heterocycles. The summed E-state index contributed by atoms with van der Waals surface area (Å²) in [5.74, 6) is 0. The van der Waals surface area contributed by atoms with Gasteiger partial charge in [-0.1, -0.05) is 30.3 Å². The third-order valence-electron chi connectivity index (χ3n) is 4.24. The second kappa shape index (κ2) is 6.32. The summed E-state index contributed by atoms with van der Waals surface area (Å²) in [4.78, 5) is 12.1. The molecular weight excluding hydrogens is 321 g/mol. The fraction of sp³-hybridized carbons (Fsp3) is 0.353. The van der Waals surface area contributed by atoms with Crippen LogP contribution in [0.15, 0.2) is 47.4 Å². The van der Waals surface area contributed by atoms with Crippen LogP contribution in [0.3, 0.4) is 0 Å². The molecule has 0 spiro atoms. The predicted octanol–water partition coefficient (Wildman–Crippen LogP) is 3.37. The van der Waals surface area contributed by atoms with Crippen LogP contribution in [0.4, 0.5) is 18.9 Å². The van der Waals surface area contributed by atoms with E-state index in [0.717, 1.165) is 16.3 Å². The highest BCUT2D eigenvalue weighted by Crippen LogP contribution is 2.36. The number of hydrogen-bond acceptors (Lipinski definition) is 3. The van der Waals surface area contributed by atoms with Crippen molar-refractivity contribution >= 4 is 5.69 Å². The molecule has 0 radical (unpaired) electrons. The van der Waals surface area contributed by atoms with E-state index in [0.29, 0.717) is 25.5 Å². The first-order valence-corrected chi connectivity index (χ1v) is 7.60. The van der Waals surface area contributed by atoms with Gasteiger partial charge in [-0.15, -0.1) is 0 Å². The third-order valence-corrected chi connectivity index (χ3v) is 4.24. The minimum absolute atomic E-state index is 0.300. The van der Waals surface area contributed by atoms with Gasteiger partial charge in [0, 0.05) is 6.20 Å². The molecule has 128 valence electrons. The van der Waals surface area contributed by atoms with Crippen molar-refractivity contribution < 1.29 is 17.9 Å². The molecule has 0 unspecified atom stereocenters. The number of halogens is 3. The van der Waals surface area contributed by atoms with Crippen molar-refractivity contribution in [1.82, 2.24) is 4.57 Å². The monoisotopic (exact) mass is 338 g/mol. The highest BCUT2D eigenvalue weighted by atomic mass is 19.4. The summed E-state index contributed by atoms with van der Waals surface area (Å²) in [6, 6.07) is 9.72. The van der Waals surface area contributed by atoms with Crippen molar-refractivity contribution in [2.24, 2.45) is 0 Å². The molecule has 2 aromatic rings. The number of rotatable bonds is 4. The average molecular weight is 338 g/mol. The molecule has 1 heterocycles. The molecule has 1 aromatic carbocycles. The minimum Gasteiger partial charge on any atom is -0.394 e. The zero-order valence-electron chi connectivity index (χ0n) is 12.8. The molecule has 1 aliphatic carbocycles. The number of benzene rings is 1. The van der Waals surface area contributed by atoms with E-state index in [9.17, 15) is 18.0 Å². The SMILES string of the molecule is Nc1cc(C(F)(F)F)cn([C@H]2CC[C@@H]2OCc2ccccc2)c1=O. The number of ether oxygens (including phenoxy) is 1. The van der Waals surface area contributed by atoms with Gasteiger partial charge in [0.15, 0.2) is 0 Å². The Balaban J connectivity index is 1.79. The van der Waals surface area contributed by atoms with Gasteiger partial charge >= 0.3 is 6.18 Å². The molecule has 2 N–H and O–H groups in total. The summed E-state index contributed by atoms with van der Waals surface area (Å²) in [6.07, 6.45) is -2.74. The van der Waals surface area contributed by atoms with Gasteiger partial charge in [0.05, 0.1) is 30.0 Å². The minimum atomic E-state index is -4.55. The lowest BCUT2D eigenvalue weighted by molar-refractivity contribution is -0.138. The largest absolute Gasteiger partial charge is 0.417 e. The zero-order valence-corrected chi connectivity index (χ0v) is 12.8. The summed E-state index contributed by atoms with van der Waals surface area (Å²) in [5.41, 5.74) is 4.51. The van der Waals surface area contributed by atoms with Crippen molar-refractivity contribution in [2.45, 2.75) is 37.8 Å². The van der Waals surface area contributed by atoms with E-state index < -0.39 is 29.0 Å². The maximum absolute atomic E-state index is 12.9. The van der Waals surface area contributed by atoms with Gasteiger partial charge in [-0.2, -0.15) is 13.2 Å². The van der Waals surface area contributed by atoms with Gasteiger partial charge in [-0.05, 0) is 24.5 Å². The Morgan fingerprint density at radius 1 is 1.21 bits per heavy atom. The van der Waals surface area contributed by atoms with E-state index in [1.807, 2.05) is 30.3 Å². The van der Waals surface area contributed by atoms with Crippen LogP contribution in [0.25, 0.3) is 0 Å². The fourth-order valence-corrected chi connectivity index (χ4v) is 2.77. The quantitative estimate of drug-likeness (QED) is 0.930. The summed E-state index contributed by atoms with van der Waals surface area (Å²) in [5, 5.41) is 0. The number of alkyl halides is 3. The number of hydrogen-bond donors (Lipinski definition) is 1. The number of nitrogens with two attached hydrogens (primary N) is 1. The number of anilines is 1. The molecule has 1 aliphatic rings. The molecule has 0 amide bonds. The van der Waals surface area contributed by atoms with Crippen molar-refractivity contribution in [2.75, 3.05) is 5.73 Å². The summed E-state index contributed by atoms with van der Waals surface area (Å²) in [6.45, 7) is 0.352. The van der Waals surface area contributed by atoms with Gasteiger partial charge in [0.1, 0.15) is 0 Å². The van der Waals surface area contributed by atoms with Crippen LogP contribution in [0.1, 0.15) is 30.0 Å². The molecule has 2 atom stereocenters. The van der Waals surface area contributed by atoms with E-state index in [-0.39, 0.29) is 6.10 Å². The lowest BCUT2D eigenvalue weighted by atomic mass is 9.88. The van der Waals surface area contributed by atoms with E-state index in [1.54, 1.807) is 0 Å². The molecule has 0 bridgehead atoms. The van der Waals surface area contributed by atoms with Crippen LogP contribution in [-0.2, 0) is 17.5 Å². The summed E-state index contributed by atoms with van der Waals surface area (Å²) < 4.78 is 45.6. The van der Waals surface area contributed by atoms with Crippen molar-refractivity contribution in [3.8, 4) is 0 Å². The Kier molecular flexibility index (Phi) is 4.36. The van der Waals surface area contributed by atoms with E-state index in [4.69, 9.17) is 10.5 Å². The number of nitrogens with zero attached hydrogens (tertiary/aromatic N) is 1. The Hall–Kier alpha value is -2.28. The lowest BCUT2D eigenvalue weighted by Gasteiger charge is -2.38. The molecular formula is C17H17F3N2O2. The highest BCUT2D eigenvalue weighted by Gasteiger charge is 2.37. The Labute approximate surface area is 136 Å². The standard InChI is InChI=1S/C17H17F3N2O2/c18-17(19,20)12-8-13(21)16(23)22(9-12)14-6-7-15(14)24-10-11-4-2-1-3-5-11/h1-5,8-9,14-15H,6-7,10,21H2/t14-,15-/m0/s1. The van der Waals surface area contributed by atoms with Gasteiger partial charge in [0.25, 0.3) is 5.56 Å². The average Bonchev–Trinajstić information content (AvgIpc) is 2.50. The second-order valence-corrected chi connectivity index (χ2v) is 5.87. The van der Waals surface area contributed by atoms with Crippen LogP contribution in [0.2, 0.25) is 0 Å². The van der Waals surface area contributed by atoms with Crippen LogP contribution < -0.4 is 11.3 Å². The zero-order chi connectivity index (χ0) is 17.3. The van der Waals surface area contributed by atoms with Gasteiger partial charge in [0.2, 0.25) is 0 Å². The molecule has 7 heteroatoms. The maximum Gasteiger partial charge on any atom is 0.417 e. The summed E-state index contributed by atoms with van der Waals surface area (Å²) >= 11 is 0. The molecule has 24 heavy (non-hydrogen) atoms. The smallest absolute Gasteiger partial charge is 0.394 e. The normalized spacial score (nSPS) is 20.6. The molecule has 0 saturated heterocycles. The highest BCUT2D eigenvalue weighted by molar-refractivity contribution is 5.39. The molecule has 1 saturated carbocycles. The number of pyridine rings is 1. The van der Waals surface area contributed by atoms with Crippen LogP contribution >= 0.6 is 0 Å². The van der Waals surface area contributed by atoms with E-state index >= 15 is 0 Å². The molecule has 4 nitrogen and oxygen atoms in total. The summed E-state index contributed by atoms with van der Waals surface area (Å²) in [7, 11) is 0. The first-order chi connectivity index (χ1) is 11.4. The fourth-order valence-electron chi connectivity index (χ4n) is 2.77. The lowest BCUT2D eigenvalue weighted by Crippen LogP contribution is -2.41. The molecule has 1 aromatic heterocycles. The molecule has 1 fully saturated rings. The predicted molar refractivity (Wildman–Crippen MR) is 83.4 cm³/mol. The van der Waals surface area contributed by atoms with Crippen LogP contribution in [-0.4, -0.2) is 10.7 Å². The first-order valence-electron chi connectivity index (χ1n) is 7.60. The van der Waals surface area contributed by atoms with Crippen molar-refractivity contribution in [3.63, 3.8) is 0 Å². The van der Waals surface area contributed by atoms with Gasteiger partial charge in [-0.3, -0.25) is 4.79 Å². The second-order valence-electron chi connectivity index (χ2n) is 5.87. The molecule has 3 rings (SSSR count).